The van der Waals surface area contributed by atoms with Gasteiger partial charge in [0, 0.05) is 4.47 Å². The molecule has 2 rings (SSSR count). The number of nitrogens with one attached hydrogen (secondary N) is 1. The van der Waals surface area contributed by atoms with Gasteiger partial charge in [-0.05, 0) is 30.3 Å². The first kappa shape index (κ1) is 8.44. The quantitative estimate of drug-likeness (QED) is 0.782. The third-order valence-corrected chi connectivity index (χ3v) is 2.42. The molecule has 1 heterocycles. The number of nitrogens with zero attached hydrogens (tertiary/aromatic N) is 1. The summed E-state index contributed by atoms with van der Waals surface area (Å²) < 4.78 is 1.08. The van der Waals surface area contributed by atoms with Crippen LogP contribution in [0.4, 0.5) is 5.69 Å². The van der Waals surface area contributed by atoms with Crippen LogP contribution < -0.4 is 16.2 Å². The molecule has 13 heavy (non-hydrogen) atoms. The number of hydrogen-bond donors (Lipinski definition) is 2. The maximum atomic E-state index is 5.59. The highest BCUT2D eigenvalue weighted by molar-refractivity contribution is 9.10. The van der Waals surface area contributed by atoms with Crippen molar-refractivity contribution in [3.8, 4) is 0 Å². The Kier molecular flexibility index (Phi) is 2.14. The van der Waals surface area contributed by atoms with Gasteiger partial charge >= 0.3 is 0 Å². The summed E-state index contributed by atoms with van der Waals surface area (Å²) in [6.45, 7) is 0.813. The van der Waals surface area contributed by atoms with Crippen molar-refractivity contribution < 1.29 is 0 Å². The van der Waals surface area contributed by atoms with E-state index in [0.29, 0.717) is 5.82 Å². The van der Waals surface area contributed by atoms with Gasteiger partial charge in [0.15, 0.2) is 0 Å². The van der Waals surface area contributed by atoms with Gasteiger partial charge in [0.25, 0.3) is 0 Å². The molecule has 0 aliphatic carbocycles. The standard InChI is InChI=1S/C9H10BrN3/c10-7-1-3-8(4-2-7)13-6-5-9(11)12-13/h1-5,12H,6,11H2. The number of rotatable bonds is 1. The lowest BCUT2D eigenvalue weighted by atomic mass is 10.3. The van der Waals surface area contributed by atoms with Gasteiger partial charge in [0.1, 0.15) is 5.82 Å². The number of benzene rings is 1. The van der Waals surface area contributed by atoms with Crippen LogP contribution in [-0.4, -0.2) is 6.54 Å². The van der Waals surface area contributed by atoms with E-state index in [1.54, 1.807) is 0 Å². The SMILES string of the molecule is NC1=CCN(c2ccc(Br)cc2)N1. The van der Waals surface area contributed by atoms with E-state index in [-0.39, 0.29) is 0 Å². The van der Waals surface area contributed by atoms with Gasteiger partial charge < -0.3 is 5.73 Å². The van der Waals surface area contributed by atoms with E-state index in [1.807, 2.05) is 35.4 Å². The topological polar surface area (TPSA) is 41.3 Å². The van der Waals surface area contributed by atoms with Crippen molar-refractivity contribution in [2.45, 2.75) is 0 Å². The largest absolute Gasteiger partial charge is 0.384 e. The summed E-state index contributed by atoms with van der Waals surface area (Å²) in [4.78, 5) is 0. The Morgan fingerprint density at radius 3 is 2.54 bits per heavy atom. The molecule has 1 aliphatic rings. The van der Waals surface area contributed by atoms with Gasteiger partial charge in [-0.3, -0.25) is 10.4 Å². The minimum atomic E-state index is 0.711. The van der Waals surface area contributed by atoms with Crippen LogP contribution in [0.2, 0.25) is 0 Å². The molecule has 0 fully saturated rings. The average Bonchev–Trinajstić information content (AvgIpc) is 2.53. The molecule has 0 unspecified atom stereocenters. The molecule has 0 atom stereocenters. The van der Waals surface area contributed by atoms with Gasteiger partial charge in [-0.15, -0.1) is 0 Å². The lowest BCUT2D eigenvalue weighted by Gasteiger charge is -2.19. The van der Waals surface area contributed by atoms with E-state index < -0.39 is 0 Å². The second kappa shape index (κ2) is 3.30. The number of halogens is 1. The van der Waals surface area contributed by atoms with Crippen LogP contribution in [0.5, 0.6) is 0 Å². The van der Waals surface area contributed by atoms with Gasteiger partial charge in [-0.25, -0.2) is 0 Å². The highest BCUT2D eigenvalue weighted by Crippen LogP contribution is 2.18. The summed E-state index contributed by atoms with van der Waals surface area (Å²) in [7, 11) is 0. The Morgan fingerprint density at radius 1 is 1.31 bits per heavy atom. The second-order valence-corrected chi connectivity index (χ2v) is 3.77. The molecule has 0 aromatic heterocycles. The van der Waals surface area contributed by atoms with Crippen molar-refractivity contribution in [2.75, 3.05) is 11.6 Å². The normalized spacial score (nSPS) is 15.5. The van der Waals surface area contributed by atoms with Crippen molar-refractivity contribution in [2.24, 2.45) is 5.73 Å². The molecule has 1 aromatic rings. The van der Waals surface area contributed by atoms with Crippen molar-refractivity contribution in [3.63, 3.8) is 0 Å². The van der Waals surface area contributed by atoms with Crippen LogP contribution in [0.3, 0.4) is 0 Å². The maximum absolute atomic E-state index is 5.59. The first-order valence-corrected chi connectivity index (χ1v) is 4.80. The molecule has 1 aliphatic heterocycles. The maximum Gasteiger partial charge on any atom is 0.113 e. The Bertz CT molecular complexity index is 331. The fourth-order valence-corrected chi connectivity index (χ4v) is 1.49. The van der Waals surface area contributed by atoms with Gasteiger partial charge in [0.05, 0.1) is 12.2 Å². The predicted molar refractivity (Wildman–Crippen MR) is 56.9 cm³/mol. The third-order valence-electron chi connectivity index (χ3n) is 1.90. The monoisotopic (exact) mass is 239 g/mol. The smallest absolute Gasteiger partial charge is 0.113 e. The Morgan fingerprint density at radius 2 is 2.00 bits per heavy atom. The van der Waals surface area contributed by atoms with E-state index >= 15 is 0 Å². The molecule has 0 saturated heterocycles. The number of anilines is 1. The zero-order valence-electron chi connectivity index (χ0n) is 7.00. The molecule has 0 saturated carbocycles. The third kappa shape index (κ3) is 1.78. The number of hydrazine groups is 1. The molecular weight excluding hydrogens is 230 g/mol. The zero-order chi connectivity index (χ0) is 9.26. The van der Waals surface area contributed by atoms with Crippen molar-refractivity contribution in [3.05, 3.63) is 40.6 Å². The summed E-state index contributed by atoms with van der Waals surface area (Å²) in [6, 6.07) is 8.07. The minimum absolute atomic E-state index is 0.711. The fraction of sp³-hybridized carbons (Fsp3) is 0.111. The predicted octanol–water partition coefficient (Wildman–Crippen LogP) is 1.57. The summed E-state index contributed by atoms with van der Waals surface area (Å²) in [5.74, 6) is 0.711. The first-order valence-electron chi connectivity index (χ1n) is 4.01. The Labute approximate surface area is 85.3 Å². The average molecular weight is 240 g/mol. The summed E-state index contributed by atoms with van der Waals surface area (Å²) in [5, 5.41) is 1.99. The van der Waals surface area contributed by atoms with Crippen molar-refractivity contribution in [1.82, 2.24) is 5.43 Å². The van der Waals surface area contributed by atoms with Crippen molar-refractivity contribution in [1.29, 1.82) is 0 Å². The zero-order valence-corrected chi connectivity index (χ0v) is 8.58. The van der Waals surface area contributed by atoms with Crippen LogP contribution in [-0.2, 0) is 0 Å². The molecule has 0 spiro atoms. The molecule has 3 N–H and O–H groups in total. The van der Waals surface area contributed by atoms with E-state index in [4.69, 9.17) is 5.73 Å². The second-order valence-electron chi connectivity index (χ2n) is 2.86. The van der Waals surface area contributed by atoms with Crippen LogP contribution in [0.15, 0.2) is 40.6 Å². The molecule has 4 heteroatoms. The molecule has 3 nitrogen and oxygen atoms in total. The van der Waals surface area contributed by atoms with Gasteiger partial charge in [0.2, 0.25) is 0 Å². The van der Waals surface area contributed by atoms with Crippen LogP contribution in [0.25, 0.3) is 0 Å². The lowest BCUT2D eigenvalue weighted by molar-refractivity contribution is 0.797. The molecule has 0 amide bonds. The molecule has 1 aromatic carbocycles. The summed E-state index contributed by atoms with van der Waals surface area (Å²) >= 11 is 3.39. The highest BCUT2D eigenvalue weighted by Gasteiger charge is 2.10. The Balaban J connectivity index is 2.14. The molecule has 0 radical (unpaired) electrons. The van der Waals surface area contributed by atoms with E-state index in [1.165, 1.54) is 0 Å². The highest BCUT2D eigenvalue weighted by atomic mass is 79.9. The van der Waals surface area contributed by atoms with Gasteiger partial charge in [-0.1, -0.05) is 15.9 Å². The fourth-order valence-electron chi connectivity index (χ4n) is 1.23. The molecule has 68 valence electrons. The summed E-state index contributed by atoms with van der Waals surface area (Å²) in [5.41, 5.74) is 9.75. The van der Waals surface area contributed by atoms with E-state index in [9.17, 15) is 0 Å². The van der Waals surface area contributed by atoms with Crippen LogP contribution in [0, 0.1) is 0 Å². The molecular formula is C9H10BrN3. The number of hydrogen-bond acceptors (Lipinski definition) is 3. The van der Waals surface area contributed by atoms with Crippen molar-refractivity contribution >= 4 is 21.6 Å². The molecule has 0 bridgehead atoms. The van der Waals surface area contributed by atoms with E-state index in [2.05, 4.69) is 21.4 Å². The summed E-state index contributed by atoms with van der Waals surface area (Å²) in [6.07, 6.45) is 1.95. The first-order chi connectivity index (χ1) is 6.25. The van der Waals surface area contributed by atoms with Gasteiger partial charge in [-0.2, -0.15) is 0 Å². The van der Waals surface area contributed by atoms with E-state index in [0.717, 1.165) is 16.7 Å². The Hall–Kier alpha value is -1.16. The van der Waals surface area contributed by atoms with Crippen LogP contribution in [0.1, 0.15) is 0 Å². The van der Waals surface area contributed by atoms with Crippen LogP contribution >= 0.6 is 15.9 Å². The minimum Gasteiger partial charge on any atom is -0.384 e. The lowest BCUT2D eigenvalue weighted by Crippen LogP contribution is -2.33. The number of nitrogens with two attached hydrogens (primary N) is 1.